The van der Waals surface area contributed by atoms with Gasteiger partial charge in [-0.05, 0) is 25.1 Å². The van der Waals surface area contributed by atoms with Gasteiger partial charge in [-0.25, -0.2) is 14.4 Å². The molecule has 3 aromatic heterocycles. The van der Waals surface area contributed by atoms with Crippen LogP contribution in [0.1, 0.15) is 22.5 Å². The van der Waals surface area contributed by atoms with Crippen LogP contribution in [-0.4, -0.2) is 26.0 Å². The van der Waals surface area contributed by atoms with Crippen LogP contribution in [-0.2, 0) is 13.0 Å². The number of fused-ring (bicyclic) bond motifs is 2. The molecule has 4 aromatic rings. The SMILES string of the molecule is Cc1ccc(-c2cnc(NCc3c(F)ccc4c3CCO4)n3cnc(C#N)c23)cn1. The zero-order valence-electron chi connectivity index (χ0n) is 16.2. The molecule has 0 amide bonds. The van der Waals surface area contributed by atoms with E-state index in [-0.39, 0.29) is 18.1 Å². The lowest BCUT2D eigenvalue weighted by Gasteiger charge is -2.13. The average molecular weight is 400 g/mol. The van der Waals surface area contributed by atoms with Crippen LogP contribution in [0.3, 0.4) is 0 Å². The molecule has 0 aliphatic carbocycles. The zero-order chi connectivity index (χ0) is 20.7. The van der Waals surface area contributed by atoms with Crippen molar-refractivity contribution in [3.05, 3.63) is 71.3 Å². The summed E-state index contributed by atoms with van der Waals surface area (Å²) in [6.07, 6.45) is 5.65. The van der Waals surface area contributed by atoms with Gasteiger partial charge >= 0.3 is 0 Å². The number of pyridine rings is 1. The van der Waals surface area contributed by atoms with E-state index < -0.39 is 0 Å². The molecular weight excluding hydrogens is 383 g/mol. The van der Waals surface area contributed by atoms with Gasteiger partial charge in [-0.1, -0.05) is 6.07 Å². The molecule has 0 saturated heterocycles. The molecule has 8 heteroatoms. The first kappa shape index (κ1) is 18.1. The third kappa shape index (κ3) is 2.92. The van der Waals surface area contributed by atoms with Crippen LogP contribution in [0.4, 0.5) is 10.3 Å². The second kappa shape index (κ2) is 7.12. The minimum atomic E-state index is -0.284. The molecule has 5 rings (SSSR count). The molecule has 7 nitrogen and oxygen atoms in total. The fourth-order valence-corrected chi connectivity index (χ4v) is 3.74. The molecule has 148 valence electrons. The maximum absolute atomic E-state index is 14.5. The summed E-state index contributed by atoms with van der Waals surface area (Å²) in [7, 11) is 0. The average Bonchev–Trinajstić information content (AvgIpc) is 3.41. The lowest BCUT2D eigenvalue weighted by Crippen LogP contribution is -2.09. The van der Waals surface area contributed by atoms with Gasteiger partial charge in [0.1, 0.15) is 24.0 Å². The first-order valence-electron chi connectivity index (χ1n) is 9.52. The molecule has 0 atom stereocenters. The molecule has 0 unspecified atom stereocenters. The van der Waals surface area contributed by atoms with Crippen molar-refractivity contribution >= 4 is 11.5 Å². The summed E-state index contributed by atoms with van der Waals surface area (Å²) in [5, 5.41) is 12.7. The third-order valence-corrected chi connectivity index (χ3v) is 5.26. The summed E-state index contributed by atoms with van der Waals surface area (Å²) in [5.41, 5.74) is 4.85. The van der Waals surface area contributed by atoms with Gasteiger partial charge in [0.25, 0.3) is 0 Å². The van der Waals surface area contributed by atoms with Crippen molar-refractivity contribution in [1.82, 2.24) is 19.4 Å². The van der Waals surface area contributed by atoms with Crippen molar-refractivity contribution in [1.29, 1.82) is 5.26 Å². The summed E-state index contributed by atoms with van der Waals surface area (Å²) in [6.45, 7) is 2.71. The quantitative estimate of drug-likeness (QED) is 0.563. The Morgan fingerprint density at radius 1 is 1.20 bits per heavy atom. The van der Waals surface area contributed by atoms with Crippen LogP contribution in [0.5, 0.6) is 5.75 Å². The molecule has 1 N–H and O–H groups in total. The summed E-state index contributed by atoms with van der Waals surface area (Å²) >= 11 is 0. The second-order valence-electron chi connectivity index (χ2n) is 7.06. The Labute approximate surface area is 171 Å². The highest BCUT2D eigenvalue weighted by atomic mass is 19.1. The molecule has 0 spiro atoms. The van der Waals surface area contributed by atoms with Gasteiger partial charge < -0.3 is 10.1 Å². The van der Waals surface area contributed by atoms with Gasteiger partial charge in [-0.15, -0.1) is 0 Å². The Hall–Kier alpha value is -3.99. The number of hydrogen-bond acceptors (Lipinski definition) is 6. The monoisotopic (exact) mass is 400 g/mol. The van der Waals surface area contributed by atoms with Crippen molar-refractivity contribution in [2.75, 3.05) is 11.9 Å². The number of ether oxygens (including phenoxy) is 1. The molecule has 0 fully saturated rings. The number of nitrogens with one attached hydrogen (secondary N) is 1. The molecule has 0 saturated carbocycles. The predicted octanol–water partition coefficient (Wildman–Crippen LogP) is 3.66. The van der Waals surface area contributed by atoms with Crippen molar-refractivity contribution in [2.24, 2.45) is 0 Å². The van der Waals surface area contributed by atoms with E-state index in [1.54, 1.807) is 29.2 Å². The molecule has 1 aliphatic heterocycles. The first-order valence-corrected chi connectivity index (χ1v) is 9.52. The second-order valence-corrected chi connectivity index (χ2v) is 7.06. The fraction of sp³-hybridized carbons (Fsp3) is 0.182. The predicted molar refractivity (Wildman–Crippen MR) is 109 cm³/mol. The van der Waals surface area contributed by atoms with Gasteiger partial charge in [0.05, 0.1) is 12.1 Å². The minimum Gasteiger partial charge on any atom is -0.493 e. The maximum atomic E-state index is 14.5. The Morgan fingerprint density at radius 2 is 2.10 bits per heavy atom. The molecular formula is C22H17FN6O. The Bertz CT molecular complexity index is 1310. The Balaban J connectivity index is 1.55. The van der Waals surface area contributed by atoms with E-state index in [1.807, 2.05) is 19.1 Å². The number of imidazole rings is 1. The Morgan fingerprint density at radius 3 is 2.90 bits per heavy atom. The van der Waals surface area contributed by atoms with Crippen LogP contribution in [0.25, 0.3) is 16.6 Å². The smallest absolute Gasteiger partial charge is 0.209 e. The van der Waals surface area contributed by atoms with Crippen molar-refractivity contribution in [3.63, 3.8) is 0 Å². The number of nitrogens with zero attached hydrogens (tertiary/aromatic N) is 5. The summed E-state index contributed by atoms with van der Waals surface area (Å²) in [4.78, 5) is 13.1. The largest absolute Gasteiger partial charge is 0.493 e. The normalized spacial score (nSPS) is 12.4. The van der Waals surface area contributed by atoms with Crippen LogP contribution >= 0.6 is 0 Å². The number of rotatable bonds is 4. The van der Waals surface area contributed by atoms with Gasteiger partial charge in [-0.2, -0.15) is 5.26 Å². The van der Waals surface area contributed by atoms with E-state index in [2.05, 4.69) is 26.3 Å². The topological polar surface area (TPSA) is 88.1 Å². The number of halogens is 1. The Kier molecular flexibility index (Phi) is 4.29. The molecule has 30 heavy (non-hydrogen) atoms. The number of hydrogen-bond donors (Lipinski definition) is 1. The van der Waals surface area contributed by atoms with E-state index in [0.29, 0.717) is 30.1 Å². The van der Waals surface area contributed by atoms with Crippen molar-refractivity contribution < 1.29 is 9.13 Å². The van der Waals surface area contributed by atoms with E-state index in [1.165, 1.54) is 6.07 Å². The van der Waals surface area contributed by atoms with E-state index >= 15 is 0 Å². The van der Waals surface area contributed by atoms with Crippen LogP contribution in [0.15, 0.2) is 43.0 Å². The van der Waals surface area contributed by atoms with Crippen LogP contribution in [0, 0.1) is 24.1 Å². The fourth-order valence-electron chi connectivity index (χ4n) is 3.74. The zero-order valence-corrected chi connectivity index (χ0v) is 16.2. The minimum absolute atomic E-state index is 0.242. The third-order valence-electron chi connectivity index (χ3n) is 5.26. The van der Waals surface area contributed by atoms with Gasteiger partial charge in [0.15, 0.2) is 5.69 Å². The standard InChI is InChI=1S/C22H17FN6O/c1-13-2-3-14(9-25-13)16-10-26-22(29-12-28-19(8-24)21(16)29)27-11-17-15-6-7-30-20(15)5-4-18(17)23/h2-5,9-10,12H,6-7,11H2,1H3,(H,26,27). The summed E-state index contributed by atoms with van der Waals surface area (Å²) in [5.74, 6) is 0.912. The summed E-state index contributed by atoms with van der Waals surface area (Å²) in [6, 6.07) is 9.05. The van der Waals surface area contributed by atoms with Crippen LogP contribution < -0.4 is 10.1 Å². The highest BCUT2D eigenvalue weighted by Crippen LogP contribution is 2.31. The highest BCUT2D eigenvalue weighted by Gasteiger charge is 2.20. The number of nitriles is 1. The van der Waals surface area contributed by atoms with Gasteiger partial charge in [0.2, 0.25) is 5.95 Å². The van der Waals surface area contributed by atoms with Crippen molar-refractivity contribution in [3.8, 4) is 22.9 Å². The van der Waals surface area contributed by atoms with E-state index in [0.717, 1.165) is 28.1 Å². The molecule has 0 bridgehead atoms. The maximum Gasteiger partial charge on any atom is 0.209 e. The first-order chi connectivity index (χ1) is 14.7. The van der Waals surface area contributed by atoms with Gasteiger partial charge in [-0.3, -0.25) is 9.38 Å². The lowest BCUT2D eigenvalue weighted by molar-refractivity contribution is 0.356. The molecule has 4 heterocycles. The number of aryl methyl sites for hydroxylation is 1. The number of aromatic nitrogens is 4. The number of benzene rings is 1. The highest BCUT2D eigenvalue weighted by molar-refractivity contribution is 5.84. The van der Waals surface area contributed by atoms with Crippen LogP contribution in [0.2, 0.25) is 0 Å². The van der Waals surface area contributed by atoms with E-state index in [4.69, 9.17) is 4.74 Å². The molecule has 1 aromatic carbocycles. The summed E-state index contributed by atoms with van der Waals surface area (Å²) < 4.78 is 21.7. The van der Waals surface area contributed by atoms with E-state index in [9.17, 15) is 9.65 Å². The number of anilines is 1. The lowest BCUT2D eigenvalue weighted by atomic mass is 10.0. The molecule has 1 aliphatic rings. The molecule has 0 radical (unpaired) electrons. The van der Waals surface area contributed by atoms with Gasteiger partial charge in [0, 0.05) is 53.3 Å². The van der Waals surface area contributed by atoms with Crippen molar-refractivity contribution in [2.45, 2.75) is 19.9 Å².